The molecule has 0 saturated carbocycles. The molecule has 28 heavy (non-hydrogen) atoms. The number of rotatable bonds is 3. The van der Waals surface area contributed by atoms with Crippen LogP contribution in [-0.4, -0.2) is 65.4 Å². The van der Waals surface area contributed by atoms with Gasteiger partial charge in [0.1, 0.15) is 21.5 Å². The molecule has 5 rings (SSSR count). The SMILES string of the molecule is C[C@@H]1COCCN1c1nc(-c2ccnn2C)c2c(Br)nc(-c3ccn[nH]3)n2n1. The lowest BCUT2D eigenvalue weighted by atomic mass is 10.2. The molecule has 1 atom stereocenters. The summed E-state index contributed by atoms with van der Waals surface area (Å²) in [6.45, 7) is 4.13. The van der Waals surface area contributed by atoms with Crippen molar-refractivity contribution in [1.82, 2.24) is 39.6 Å². The van der Waals surface area contributed by atoms with Crippen LogP contribution in [0.5, 0.6) is 0 Å². The van der Waals surface area contributed by atoms with Gasteiger partial charge in [-0.1, -0.05) is 0 Å². The molecule has 0 aromatic carbocycles. The summed E-state index contributed by atoms with van der Waals surface area (Å²) in [7, 11) is 1.89. The first-order chi connectivity index (χ1) is 13.6. The van der Waals surface area contributed by atoms with Crippen molar-refractivity contribution in [1.29, 1.82) is 0 Å². The van der Waals surface area contributed by atoms with E-state index in [1.54, 1.807) is 17.1 Å². The molecule has 4 aromatic rings. The minimum absolute atomic E-state index is 0.174. The van der Waals surface area contributed by atoms with Crippen LogP contribution in [0.15, 0.2) is 29.1 Å². The number of morpholine rings is 1. The predicted molar refractivity (Wildman–Crippen MR) is 106 cm³/mol. The molecule has 1 N–H and O–H groups in total. The highest BCUT2D eigenvalue weighted by Crippen LogP contribution is 2.33. The quantitative estimate of drug-likeness (QED) is 0.515. The average molecular weight is 444 g/mol. The Labute approximate surface area is 168 Å². The van der Waals surface area contributed by atoms with Gasteiger partial charge in [-0.15, -0.1) is 5.10 Å². The number of hydrogen-bond acceptors (Lipinski definition) is 7. The highest BCUT2D eigenvalue weighted by atomic mass is 79.9. The number of nitrogens with one attached hydrogen (secondary N) is 1. The first-order valence-corrected chi connectivity index (χ1v) is 9.71. The van der Waals surface area contributed by atoms with Crippen LogP contribution < -0.4 is 4.90 Å². The van der Waals surface area contributed by atoms with Crippen LogP contribution in [-0.2, 0) is 11.8 Å². The maximum Gasteiger partial charge on any atom is 0.244 e. The van der Waals surface area contributed by atoms with E-state index in [1.165, 1.54) is 0 Å². The van der Waals surface area contributed by atoms with Crippen molar-refractivity contribution in [3.63, 3.8) is 0 Å². The van der Waals surface area contributed by atoms with E-state index >= 15 is 0 Å². The molecule has 11 heteroatoms. The third-order valence-electron chi connectivity index (χ3n) is 4.87. The van der Waals surface area contributed by atoms with E-state index in [0.29, 0.717) is 29.6 Å². The second kappa shape index (κ2) is 6.67. The van der Waals surface area contributed by atoms with Crippen LogP contribution >= 0.6 is 15.9 Å². The van der Waals surface area contributed by atoms with Crippen molar-refractivity contribution >= 4 is 27.4 Å². The van der Waals surface area contributed by atoms with Gasteiger partial charge in [-0.3, -0.25) is 9.78 Å². The Bertz CT molecular complexity index is 1130. The number of halogens is 1. The molecule has 0 spiro atoms. The van der Waals surface area contributed by atoms with Gasteiger partial charge in [-0.05, 0) is 35.0 Å². The number of H-pyrrole nitrogens is 1. The fourth-order valence-electron chi connectivity index (χ4n) is 3.43. The highest BCUT2D eigenvalue weighted by molar-refractivity contribution is 9.10. The summed E-state index contributed by atoms with van der Waals surface area (Å²) in [5, 5.41) is 16.2. The number of nitrogens with zero attached hydrogens (tertiary/aromatic N) is 8. The Morgan fingerprint density at radius 2 is 2.14 bits per heavy atom. The Morgan fingerprint density at radius 3 is 2.86 bits per heavy atom. The van der Waals surface area contributed by atoms with Crippen LogP contribution in [0.2, 0.25) is 0 Å². The molecule has 0 amide bonds. The molecule has 1 saturated heterocycles. The molecule has 144 valence electrons. The lowest BCUT2D eigenvalue weighted by Gasteiger charge is -2.33. The van der Waals surface area contributed by atoms with Crippen molar-refractivity contribution < 1.29 is 4.74 Å². The minimum Gasteiger partial charge on any atom is -0.377 e. The first-order valence-electron chi connectivity index (χ1n) is 8.92. The molecule has 0 aliphatic carbocycles. The zero-order valence-corrected chi connectivity index (χ0v) is 17.0. The van der Waals surface area contributed by atoms with E-state index in [-0.39, 0.29) is 6.04 Å². The Balaban J connectivity index is 1.80. The monoisotopic (exact) mass is 443 g/mol. The van der Waals surface area contributed by atoms with E-state index in [0.717, 1.165) is 29.1 Å². The number of ether oxygens (including phenoxy) is 1. The summed E-state index contributed by atoms with van der Waals surface area (Å²) < 4.78 is 9.85. The minimum atomic E-state index is 0.174. The number of hydrogen-bond donors (Lipinski definition) is 1. The number of aromatic amines is 1. The molecule has 1 aliphatic rings. The molecule has 10 nitrogen and oxygen atoms in total. The summed E-state index contributed by atoms with van der Waals surface area (Å²) in [6, 6.07) is 3.97. The Kier molecular flexibility index (Phi) is 4.13. The zero-order chi connectivity index (χ0) is 19.3. The number of anilines is 1. The van der Waals surface area contributed by atoms with E-state index in [9.17, 15) is 0 Å². The topological polar surface area (TPSA) is 102 Å². The van der Waals surface area contributed by atoms with Crippen molar-refractivity contribution in [3.05, 3.63) is 29.1 Å². The summed E-state index contributed by atoms with van der Waals surface area (Å²) in [6.07, 6.45) is 3.45. The van der Waals surface area contributed by atoms with E-state index < -0.39 is 0 Å². The Hall–Kier alpha value is -2.79. The second-order valence-electron chi connectivity index (χ2n) is 6.67. The van der Waals surface area contributed by atoms with Gasteiger partial charge in [-0.2, -0.15) is 10.2 Å². The fraction of sp³-hybridized carbons (Fsp3) is 0.353. The van der Waals surface area contributed by atoms with Gasteiger partial charge < -0.3 is 9.64 Å². The fourth-order valence-corrected chi connectivity index (χ4v) is 3.96. The van der Waals surface area contributed by atoms with Gasteiger partial charge in [0.25, 0.3) is 0 Å². The van der Waals surface area contributed by atoms with Crippen molar-refractivity contribution in [2.45, 2.75) is 13.0 Å². The van der Waals surface area contributed by atoms with E-state index in [2.05, 4.69) is 48.0 Å². The maximum absolute atomic E-state index is 5.58. The molecule has 4 aromatic heterocycles. The summed E-state index contributed by atoms with van der Waals surface area (Å²) in [5.41, 5.74) is 3.19. The normalized spacial score (nSPS) is 17.5. The van der Waals surface area contributed by atoms with Gasteiger partial charge >= 0.3 is 0 Å². The van der Waals surface area contributed by atoms with Crippen molar-refractivity contribution in [3.8, 4) is 22.9 Å². The summed E-state index contributed by atoms with van der Waals surface area (Å²) >= 11 is 3.59. The molecule has 0 unspecified atom stereocenters. The van der Waals surface area contributed by atoms with Crippen LogP contribution in [0.3, 0.4) is 0 Å². The smallest absolute Gasteiger partial charge is 0.244 e. The third-order valence-corrected chi connectivity index (χ3v) is 5.42. The predicted octanol–water partition coefficient (Wildman–Crippen LogP) is 1.90. The molecule has 5 heterocycles. The van der Waals surface area contributed by atoms with Crippen molar-refractivity contribution in [2.75, 3.05) is 24.7 Å². The van der Waals surface area contributed by atoms with Gasteiger partial charge in [0.15, 0.2) is 5.82 Å². The third kappa shape index (κ3) is 2.69. The van der Waals surface area contributed by atoms with Crippen molar-refractivity contribution in [2.24, 2.45) is 7.05 Å². The van der Waals surface area contributed by atoms with Crippen LogP contribution in [0.4, 0.5) is 5.95 Å². The molecular formula is C17H18BrN9O. The standard InChI is InChI=1S/C17H18BrN9O/c1-10-9-28-8-7-26(10)17-21-13(12-4-6-20-25(12)2)14-15(18)22-16(27(14)24-17)11-3-5-19-23-11/h3-6,10H,7-9H2,1-2H3,(H,19,23)/t10-/m1/s1. The maximum atomic E-state index is 5.58. The van der Waals surface area contributed by atoms with E-state index in [1.807, 2.05) is 23.7 Å². The number of fused-ring (bicyclic) bond motifs is 1. The highest BCUT2D eigenvalue weighted by Gasteiger charge is 2.26. The van der Waals surface area contributed by atoms with Crippen LogP contribution in [0.25, 0.3) is 28.4 Å². The second-order valence-corrected chi connectivity index (χ2v) is 7.43. The number of aromatic nitrogens is 8. The number of imidazole rings is 1. The van der Waals surface area contributed by atoms with Gasteiger partial charge in [0, 0.05) is 26.0 Å². The first kappa shape index (κ1) is 17.3. The molecule has 1 aliphatic heterocycles. The van der Waals surface area contributed by atoms with Gasteiger partial charge in [-0.25, -0.2) is 14.5 Å². The number of aryl methyl sites for hydroxylation is 1. The molecule has 0 bridgehead atoms. The molecular weight excluding hydrogens is 426 g/mol. The average Bonchev–Trinajstić information content (AvgIpc) is 3.42. The Morgan fingerprint density at radius 1 is 1.25 bits per heavy atom. The van der Waals surface area contributed by atoms with Crippen LogP contribution in [0, 0.1) is 0 Å². The van der Waals surface area contributed by atoms with Gasteiger partial charge in [0.05, 0.1) is 24.9 Å². The largest absolute Gasteiger partial charge is 0.377 e. The molecule has 0 radical (unpaired) electrons. The van der Waals surface area contributed by atoms with E-state index in [4.69, 9.17) is 14.8 Å². The lowest BCUT2D eigenvalue weighted by molar-refractivity contribution is 0.0979. The van der Waals surface area contributed by atoms with Gasteiger partial charge in [0.2, 0.25) is 5.95 Å². The molecule has 1 fully saturated rings. The summed E-state index contributed by atoms with van der Waals surface area (Å²) in [5.74, 6) is 1.29. The van der Waals surface area contributed by atoms with Crippen LogP contribution in [0.1, 0.15) is 6.92 Å². The summed E-state index contributed by atoms with van der Waals surface area (Å²) in [4.78, 5) is 11.7. The zero-order valence-electron chi connectivity index (χ0n) is 15.4. The lowest BCUT2D eigenvalue weighted by Crippen LogP contribution is -2.44.